The Hall–Kier alpha value is -3.92. The van der Waals surface area contributed by atoms with Gasteiger partial charge >= 0.3 is 0 Å². The Balaban J connectivity index is 1.62. The third-order valence-electron chi connectivity index (χ3n) is 5.68. The molecule has 3 aromatic rings. The molecule has 2 heterocycles. The molecule has 0 bridgehead atoms. The molecule has 5 rings (SSSR count). The van der Waals surface area contributed by atoms with E-state index in [1.165, 1.54) is 30.3 Å². The van der Waals surface area contributed by atoms with Crippen LogP contribution in [0.15, 0.2) is 76.7 Å². The first kappa shape index (κ1) is 21.9. The van der Waals surface area contributed by atoms with E-state index in [4.69, 9.17) is 0 Å². The summed E-state index contributed by atoms with van der Waals surface area (Å²) < 4.78 is 66.8. The van der Waals surface area contributed by atoms with Crippen molar-refractivity contribution in [2.45, 2.75) is 11.4 Å². The van der Waals surface area contributed by atoms with Gasteiger partial charge in [-0.2, -0.15) is 0 Å². The van der Waals surface area contributed by atoms with Gasteiger partial charge in [-0.25, -0.2) is 21.6 Å². The standard InChI is InChI=1S/C24H15F3N2O4S/c25-14-6-8-20-15(10-14)23(30)22(19-12-34(32,33)21-4-2-1-3-18(21)28-19)24(31)29(20)11-13-5-7-16(26)17(27)9-13/h1-10,12,22,28H,11H2. The van der Waals surface area contributed by atoms with Crippen LogP contribution in [0.4, 0.5) is 24.5 Å². The molecule has 0 radical (unpaired) electrons. The van der Waals surface area contributed by atoms with Gasteiger partial charge in [0.25, 0.3) is 0 Å². The van der Waals surface area contributed by atoms with Gasteiger partial charge in [-0.1, -0.05) is 18.2 Å². The summed E-state index contributed by atoms with van der Waals surface area (Å²) in [4.78, 5) is 27.9. The number of amides is 1. The third kappa shape index (κ3) is 3.56. The number of anilines is 2. The predicted octanol–water partition coefficient (Wildman–Crippen LogP) is 4.19. The van der Waals surface area contributed by atoms with Gasteiger partial charge in [0.2, 0.25) is 15.7 Å². The van der Waals surface area contributed by atoms with Crippen LogP contribution in [-0.2, 0) is 21.2 Å². The highest BCUT2D eigenvalue weighted by atomic mass is 32.2. The second-order valence-electron chi connectivity index (χ2n) is 7.87. The molecule has 0 spiro atoms. The molecule has 10 heteroatoms. The molecule has 2 aliphatic rings. The summed E-state index contributed by atoms with van der Waals surface area (Å²) in [6, 6.07) is 12.4. The number of fused-ring (bicyclic) bond motifs is 2. The minimum atomic E-state index is -3.97. The number of carbonyl (C=O) groups is 2. The molecule has 0 aromatic heterocycles. The van der Waals surface area contributed by atoms with E-state index in [-0.39, 0.29) is 39.6 Å². The fourth-order valence-electron chi connectivity index (χ4n) is 4.11. The molecule has 1 amide bonds. The molecule has 0 fully saturated rings. The molecule has 172 valence electrons. The summed E-state index contributed by atoms with van der Waals surface area (Å²) in [5.41, 5.74) is 0.180. The maximum atomic E-state index is 14.0. The Morgan fingerprint density at radius 1 is 0.912 bits per heavy atom. The highest BCUT2D eigenvalue weighted by Crippen LogP contribution is 2.39. The number of Topliss-reactive ketones (excluding diaryl/α,β-unsaturated/α-hetero) is 1. The monoisotopic (exact) mass is 484 g/mol. The van der Waals surface area contributed by atoms with Gasteiger partial charge in [0, 0.05) is 11.3 Å². The van der Waals surface area contributed by atoms with Gasteiger partial charge in [-0.05, 0) is 48.0 Å². The fraction of sp³-hybridized carbons (Fsp3) is 0.0833. The lowest BCUT2D eigenvalue weighted by Gasteiger charge is -2.35. The largest absolute Gasteiger partial charge is 0.356 e. The summed E-state index contributed by atoms with van der Waals surface area (Å²) in [5.74, 6) is -6.09. The zero-order valence-electron chi connectivity index (χ0n) is 17.3. The lowest BCUT2D eigenvalue weighted by atomic mass is 9.87. The number of sulfone groups is 1. The average molecular weight is 484 g/mol. The van der Waals surface area contributed by atoms with Gasteiger partial charge in [0.1, 0.15) is 11.7 Å². The van der Waals surface area contributed by atoms with Crippen LogP contribution in [0.5, 0.6) is 0 Å². The topological polar surface area (TPSA) is 83.6 Å². The van der Waals surface area contributed by atoms with Crippen LogP contribution in [0.2, 0.25) is 0 Å². The zero-order chi connectivity index (χ0) is 24.2. The van der Waals surface area contributed by atoms with Gasteiger partial charge in [-0.3, -0.25) is 9.59 Å². The summed E-state index contributed by atoms with van der Waals surface area (Å²) in [5, 5.41) is 3.66. The molecule has 1 atom stereocenters. The maximum Gasteiger partial charge on any atom is 0.244 e. The van der Waals surface area contributed by atoms with Crippen molar-refractivity contribution in [2.75, 3.05) is 10.2 Å². The normalized spacial score (nSPS) is 18.6. The molecule has 3 aromatic carbocycles. The van der Waals surface area contributed by atoms with E-state index in [0.717, 1.165) is 34.6 Å². The Bertz CT molecular complexity index is 1520. The van der Waals surface area contributed by atoms with E-state index in [2.05, 4.69) is 5.32 Å². The highest BCUT2D eigenvalue weighted by Gasteiger charge is 2.44. The Labute approximate surface area is 192 Å². The van der Waals surface area contributed by atoms with Crippen molar-refractivity contribution >= 4 is 32.9 Å². The molecular weight excluding hydrogens is 469 g/mol. The number of carbonyl (C=O) groups excluding carboxylic acids is 2. The van der Waals surface area contributed by atoms with Crippen LogP contribution >= 0.6 is 0 Å². The second-order valence-corrected chi connectivity index (χ2v) is 9.64. The van der Waals surface area contributed by atoms with E-state index in [0.29, 0.717) is 0 Å². The van der Waals surface area contributed by atoms with E-state index in [9.17, 15) is 31.2 Å². The maximum absolute atomic E-state index is 14.0. The molecular formula is C24H15F3N2O4S. The summed E-state index contributed by atoms with van der Waals surface area (Å²) >= 11 is 0. The Kier molecular flexibility index (Phi) is 5.05. The number of benzene rings is 3. The lowest BCUT2D eigenvalue weighted by Crippen LogP contribution is -2.46. The molecule has 0 saturated carbocycles. The molecule has 6 nitrogen and oxygen atoms in total. The number of nitrogens with zero attached hydrogens (tertiary/aromatic N) is 1. The molecule has 1 N–H and O–H groups in total. The van der Waals surface area contributed by atoms with Crippen molar-refractivity contribution < 1.29 is 31.2 Å². The highest BCUT2D eigenvalue weighted by molar-refractivity contribution is 7.94. The van der Waals surface area contributed by atoms with Crippen molar-refractivity contribution in [3.05, 3.63) is 100 Å². The van der Waals surface area contributed by atoms with Crippen LogP contribution in [0, 0.1) is 23.4 Å². The molecule has 34 heavy (non-hydrogen) atoms. The smallest absolute Gasteiger partial charge is 0.244 e. The quantitative estimate of drug-likeness (QED) is 0.564. The number of nitrogens with one attached hydrogen (secondary N) is 1. The lowest BCUT2D eigenvalue weighted by molar-refractivity contribution is -0.120. The van der Waals surface area contributed by atoms with E-state index in [1.807, 2.05) is 0 Å². The number of hydrogen-bond donors (Lipinski definition) is 1. The second kappa shape index (κ2) is 7.84. The van der Waals surface area contributed by atoms with Gasteiger partial charge < -0.3 is 10.2 Å². The van der Waals surface area contributed by atoms with Crippen molar-refractivity contribution in [1.29, 1.82) is 0 Å². The number of para-hydroxylation sites is 1. The van der Waals surface area contributed by atoms with Crippen LogP contribution in [0.25, 0.3) is 0 Å². The van der Waals surface area contributed by atoms with Crippen molar-refractivity contribution in [2.24, 2.45) is 5.92 Å². The summed E-state index contributed by atoms with van der Waals surface area (Å²) in [6.45, 7) is -0.255. The van der Waals surface area contributed by atoms with Crippen LogP contribution < -0.4 is 10.2 Å². The van der Waals surface area contributed by atoms with E-state index < -0.39 is 44.9 Å². The third-order valence-corrected chi connectivity index (χ3v) is 7.21. The first-order valence-electron chi connectivity index (χ1n) is 10.1. The number of rotatable bonds is 3. The van der Waals surface area contributed by atoms with Gasteiger partial charge in [0.15, 0.2) is 17.4 Å². The van der Waals surface area contributed by atoms with Gasteiger partial charge in [-0.15, -0.1) is 0 Å². The first-order chi connectivity index (χ1) is 16.2. The minimum absolute atomic E-state index is 0.0143. The van der Waals surface area contributed by atoms with Gasteiger partial charge in [0.05, 0.1) is 28.2 Å². The van der Waals surface area contributed by atoms with Crippen molar-refractivity contribution in [1.82, 2.24) is 0 Å². The van der Waals surface area contributed by atoms with E-state index >= 15 is 0 Å². The number of ketones is 1. The van der Waals surface area contributed by atoms with Crippen LogP contribution in [0.3, 0.4) is 0 Å². The predicted molar refractivity (Wildman–Crippen MR) is 117 cm³/mol. The summed E-state index contributed by atoms with van der Waals surface area (Å²) in [6.07, 6.45) is 0. The number of halogens is 3. The van der Waals surface area contributed by atoms with Crippen LogP contribution in [0.1, 0.15) is 15.9 Å². The number of hydrogen-bond acceptors (Lipinski definition) is 5. The fourth-order valence-corrected chi connectivity index (χ4v) is 5.47. The average Bonchev–Trinajstić information content (AvgIpc) is 2.79. The Morgan fingerprint density at radius 2 is 1.68 bits per heavy atom. The SMILES string of the molecule is O=C1c2cc(F)ccc2N(Cc2ccc(F)c(F)c2)C(=O)C1C1=CS(=O)(=O)c2ccccc2N1. The summed E-state index contributed by atoms with van der Waals surface area (Å²) in [7, 11) is -3.97. The van der Waals surface area contributed by atoms with Crippen molar-refractivity contribution in [3.63, 3.8) is 0 Å². The zero-order valence-corrected chi connectivity index (χ0v) is 18.1. The molecule has 2 aliphatic heterocycles. The first-order valence-corrected chi connectivity index (χ1v) is 11.6. The molecule has 1 unspecified atom stereocenters. The van der Waals surface area contributed by atoms with Crippen molar-refractivity contribution in [3.8, 4) is 0 Å². The Morgan fingerprint density at radius 3 is 2.44 bits per heavy atom. The molecule has 0 aliphatic carbocycles. The van der Waals surface area contributed by atoms with E-state index in [1.54, 1.807) is 6.07 Å². The minimum Gasteiger partial charge on any atom is -0.356 e. The van der Waals surface area contributed by atoms with Crippen LogP contribution in [-0.4, -0.2) is 20.1 Å². The molecule has 0 saturated heterocycles.